The number of rotatable bonds is 5. The zero-order chi connectivity index (χ0) is 13.6. The van der Waals surface area contributed by atoms with E-state index in [1.54, 1.807) is 12.4 Å². The molecule has 1 aromatic carbocycles. The average molecular weight is 264 g/mol. The van der Waals surface area contributed by atoms with Gasteiger partial charge in [-0.1, -0.05) is 24.3 Å². The molecule has 0 bridgehead atoms. The number of hydrogen-bond acceptors (Lipinski definition) is 3. The summed E-state index contributed by atoms with van der Waals surface area (Å²) in [6.07, 6.45) is 8.38. The molecule has 3 aromatic rings. The van der Waals surface area contributed by atoms with Gasteiger partial charge in [-0.15, -0.1) is 0 Å². The van der Waals surface area contributed by atoms with E-state index < -0.39 is 0 Å². The molecule has 100 valence electrons. The molecule has 20 heavy (non-hydrogen) atoms. The standard InChI is InChI=1S/C16H16N4/c1-2-6-15(7-3-1)20-12-11-19-16(20)18-10-8-14-5-4-9-17-13-14/h1-7,9,11-13H,8,10H2,(H,18,19). The van der Waals surface area contributed by atoms with E-state index in [1.165, 1.54) is 5.56 Å². The van der Waals surface area contributed by atoms with Crippen LogP contribution in [0.15, 0.2) is 67.3 Å². The van der Waals surface area contributed by atoms with E-state index in [-0.39, 0.29) is 0 Å². The van der Waals surface area contributed by atoms with Crippen LogP contribution in [0.2, 0.25) is 0 Å². The molecule has 0 amide bonds. The molecule has 2 heterocycles. The number of para-hydroxylation sites is 1. The van der Waals surface area contributed by atoms with E-state index in [0.29, 0.717) is 0 Å². The fourth-order valence-corrected chi connectivity index (χ4v) is 2.10. The van der Waals surface area contributed by atoms with E-state index in [4.69, 9.17) is 0 Å². The predicted molar refractivity (Wildman–Crippen MR) is 80.0 cm³/mol. The van der Waals surface area contributed by atoms with Crippen LogP contribution in [0.1, 0.15) is 5.56 Å². The number of nitrogens with one attached hydrogen (secondary N) is 1. The lowest BCUT2D eigenvalue weighted by Gasteiger charge is -2.09. The Balaban J connectivity index is 1.66. The number of anilines is 1. The second-order valence-electron chi connectivity index (χ2n) is 4.49. The van der Waals surface area contributed by atoms with Crippen molar-refractivity contribution in [2.75, 3.05) is 11.9 Å². The molecule has 4 heteroatoms. The third-order valence-electron chi connectivity index (χ3n) is 3.09. The normalized spacial score (nSPS) is 10.4. The topological polar surface area (TPSA) is 42.7 Å². The van der Waals surface area contributed by atoms with Crippen LogP contribution in [0.5, 0.6) is 0 Å². The van der Waals surface area contributed by atoms with Crippen LogP contribution in [0.4, 0.5) is 5.95 Å². The van der Waals surface area contributed by atoms with Crippen LogP contribution in [-0.2, 0) is 6.42 Å². The quantitative estimate of drug-likeness (QED) is 0.770. The minimum absolute atomic E-state index is 0.829. The molecule has 2 aromatic heterocycles. The molecule has 0 fully saturated rings. The summed E-state index contributed by atoms with van der Waals surface area (Å²) in [5.41, 5.74) is 2.33. The van der Waals surface area contributed by atoms with Crippen molar-refractivity contribution < 1.29 is 0 Å². The maximum Gasteiger partial charge on any atom is 0.207 e. The first-order chi connectivity index (χ1) is 9.93. The molecule has 0 unspecified atom stereocenters. The van der Waals surface area contributed by atoms with Crippen LogP contribution >= 0.6 is 0 Å². The first-order valence-corrected chi connectivity index (χ1v) is 6.65. The van der Waals surface area contributed by atoms with Crippen molar-refractivity contribution >= 4 is 5.95 Å². The highest BCUT2D eigenvalue weighted by molar-refractivity contribution is 5.41. The van der Waals surface area contributed by atoms with Gasteiger partial charge in [0.15, 0.2) is 0 Å². The van der Waals surface area contributed by atoms with Crippen LogP contribution in [0.25, 0.3) is 5.69 Å². The average Bonchev–Trinajstić information content (AvgIpc) is 2.98. The smallest absolute Gasteiger partial charge is 0.207 e. The summed E-state index contributed by atoms with van der Waals surface area (Å²) in [5, 5.41) is 3.36. The second-order valence-corrected chi connectivity index (χ2v) is 4.49. The lowest BCUT2D eigenvalue weighted by Crippen LogP contribution is -2.09. The van der Waals surface area contributed by atoms with Gasteiger partial charge in [0.2, 0.25) is 5.95 Å². The van der Waals surface area contributed by atoms with Gasteiger partial charge in [-0.3, -0.25) is 9.55 Å². The predicted octanol–water partition coefficient (Wildman–Crippen LogP) is 2.92. The molecule has 3 rings (SSSR count). The molecule has 0 aliphatic carbocycles. The summed E-state index contributed by atoms with van der Waals surface area (Å²) < 4.78 is 2.04. The van der Waals surface area contributed by atoms with Crippen LogP contribution < -0.4 is 5.32 Å². The van der Waals surface area contributed by atoms with Gasteiger partial charge in [-0.25, -0.2) is 4.98 Å². The number of benzene rings is 1. The van der Waals surface area contributed by atoms with Gasteiger partial charge in [0.25, 0.3) is 0 Å². The van der Waals surface area contributed by atoms with Crippen molar-refractivity contribution in [3.05, 3.63) is 72.8 Å². The van der Waals surface area contributed by atoms with Gasteiger partial charge in [0, 0.05) is 37.0 Å². The molecular weight excluding hydrogens is 248 g/mol. The highest BCUT2D eigenvalue weighted by atomic mass is 15.2. The molecule has 0 saturated heterocycles. The molecule has 4 nitrogen and oxygen atoms in total. The number of pyridine rings is 1. The maximum atomic E-state index is 4.36. The molecule has 0 aliphatic rings. The summed E-state index contributed by atoms with van der Waals surface area (Å²) in [6.45, 7) is 0.829. The largest absolute Gasteiger partial charge is 0.355 e. The van der Waals surface area contributed by atoms with Gasteiger partial charge in [-0.05, 0) is 30.2 Å². The minimum atomic E-state index is 0.829. The zero-order valence-corrected chi connectivity index (χ0v) is 11.1. The van der Waals surface area contributed by atoms with Crippen molar-refractivity contribution in [2.45, 2.75) is 6.42 Å². The molecule has 0 saturated carbocycles. The zero-order valence-electron chi connectivity index (χ0n) is 11.1. The number of imidazole rings is 1. The Morgan fingerprint density at radius 1 is 1.00 bits per heavy atom. The van der Waals surface area contributed by atoms with E-state index in [1.807, 2.05) is 41.2 Å². The van der Waals surface area contributed by atoms with Gasteiger partial charge >= 0.3 is 0 Å². The maximum absolute atomic E-state index is 4.36. The highest BCUT2D eigenvalue weighted by Crippen LogP contribution is 2.13. The fourth-order valence-electron chi connectivity index (χ4n) is 2.10. The summed E-state index contributed by atoms with van der Waals surface area (Å²) in [7, 11) is 0. The van der Waals surface area contributed by atoms with Crippen molar-refractivity contribution in [1.82, 2.24) is 14.5 Å². The summed E-state index contributed by atoms with van der Waals surface area (Å²) in [5.74, 6) is 0.861. The third-order valence-corrected chi connectivity index (χ3v) is 3.09. The van der Waals surface area contributed by atoms with Crippen molar-refractivity contribution in [2.24, 2.45) is 0 Å². The number of aromatic nitrogens is 3. The molecular formula is C16H16N4. The van der Waals surface area contributed by atoms with Crippen LogP contribution in [0, 0.1) is 0 Å². The SMILES string of the molecule is c1ccc(-n2ccnc2NCCc2cccnc2)cc1. The van der Waals surface area contributed by atoms with E-state index in [0.717, 1.165) is 24.6 Å². The van der Waals surface area contributed by atoms with E-state index in [9.17, 15) is 0 Å². The van der Waals surface area contributed by atoms with Crippen LogP contribution in [-0.4, -0.2) is 21.1 Å². The minimum Gasteiger partial charge on any atom is -0.355 e. The molecule has 0 atom stereocenters. The van der Waals surface area contributed by atoms with Crippen LogP contribution in [0.3, 0.4) is 0 Å². The van der Waals surface area contributed by atoms with Crippen molar-refractivity contribution in [3.8, 4) is 5.69 Å². The van der Waals surface area contributed by atoms with Gasteiger partial charge in [-0.2, -0.15) is 0 Å². The Morgan fingerprint density at radius 3 is 2.70 bits per heavy atom. The second kappa shape index (κ2) is 6.02. The van der Waals surface area contributed by atoms with E-state index >= 15 is 0 Å². The van der Waals surface area contributed by atoms with Gasteiger partial charge < -0.3 is 5.32 Å². The van der Waals surface area contributed by atoms with Crippen molar-refractivity contribution in [1.29, 1.82) is 0 Å². The molecule has 0 spiro atoms. The Morgan fingerprint density at radius 2 is 1.90 bits per heavy atom. The third kappa shape index (κ3) is 2.85. The lowest BCUT2D eigenvalue weighted by atomic mass is 10.2. The molecule has 0 aliphatic heterocycles. The van der Waals surface area contributed by atoms with Gasteiger partial charge in [0.05, 0.1) is 0 Å². The van der Waals surface area contributed by atoms with Gasteiger partial charge in [0.1, 0.15) is 0 Å². The summed E-state index contributed by atoms with van der Waals surface area (Å²) >= 11 is 0. The number of nitrogens with zero attached hydrogens (tertiary/aromatic N) is 3. The Kier molecular flexibility index (Phi) is 3.73. The summed E-state index contributed by atoms with van der Waals surface area (Å²) in [6, 6.07) is 14.2. The Hall–Kier alpha value is -2.62. The Bertz CT molecular complexity index is 647. The first kappa shape index (κ1) is 12.4. The monoisotopic (exact) mass is 264 g/mol. The first-order valence-electron chi connectivity index (χ1n) is 6.65. The highest BCUT2D eigenvalue weighted by Gasteiger charge is 2.03. The van der Waals surface area contributed by atoms with E-state index in [2.05, 4.69) is 33.5 Å². The molecule has 1 N–H and O–H groups in total. The lowest BCUT2D eigenvalue weighted by molar-refractivity contribution is 0.955. The molecule has 0 radical (unpaired) electrons. The summed E-state index contributed by atoms with van der Waals surface area (Å²) in [4.78, 5) is 8.48. The fraction of sp³-hybridized carbons (Fsp3) is 0.125. The Labute approximate surface area is 118 Å². The number of hydrogen-bond donors (Lipinski definition) is 1. The van der Waals surface area contributed by atoms with Crippen molar-refractivity contribution in [3.63, 3.8) is 0 Å².